The fourth-order valence-corrected chi connectivity index (χ4v) is 1.77. The molecule has 4 N–H and O–H groups in total. The first-order chi connectivity index (χ1) is 8.74. The topological polar surface area (TPSA) is 113 Å². The van der Waals surface area contributed by atoms with Gasteiger partial charge in [-0.2, -0.15) is 5.10 Å². The maximum atomic E-state index is 5.72. The SMILES string of the molecule is Nc1cnn(CCn2cnc3c(N)ncnc32)c1. The summed E-state index contributed by atoms with van der Waals surface area (Å²) in [6.07, 6.45) is 6.53. The van der Waals surface area contributed by atoms with Crippen molar-refractivity contribution in [1.82, 2.24) is 29.3 Å². The Morgan fingerprint density at radius 1 is 1.11 bits per heavy atom. The Balaban J connectivity index is 1.85. The zero-order valence-corrected chi connectivity index (χ0v) is 9.56. The van der Waals surface area contributed by atoms with Crippen LogP contribution in [0, 0.1) is 0 Å². The molecular weight excluding hydrogens is 232 g/mol. The van der Waals surface area contributed by atoms with Gasteiger partial charge in [-0.3, -0.25) is 4.68 Å². The van der Waals surface area contributed by atoms with Crippen LogP contribution in [0.5, 0.6) is 0 Å². The number of hydrogen-bond acceptors (Lipinski definition) is 6. The number of aryl methyl sites for hydroxylation is 2. The molecule has 0 bridgehead atoms. The van der Waals surface area contributed by atoms with Crippen LogP contribution in [0.25, 0.3) is 11.2 Å². The molecule has 92 valence electrons. The van der Waals surface area contributed by atoms with Crippen LogP contribution in [-0.2, 0) is 13.1 Å². The van der Waals surface area contributed by atoms with Crippen LogP contribution in [0.2, 0.25) is 0 Å². The molecule has 0 aliphatic heterocycles. The van der Waals surface area contributed by atoms with Gasteiger partial charge in [0.25, 0.3) is 0 Å². The maximum absolute atomic E-state index is 5.72. The van der Waals surface area contributed by atoms with Crippen molar-refractivity contribution in [2.45, 2.75) is 13.1 Å². The van der Waals surface area contributed by atoms with Gasteiger partial charge in [0.15, 0.2) is 11.5 Å². The van der Waals surface area contributed by atoms with E-state index in [1.54, 1.807) is 23.4 Å². The maximum Gasteiger partial charge on any atom is 0.165 e. The van der Waals surface area contributed by atoms with E-state index in [1.807, 2.05) is 4.57 Å². The third kappa shape index (κ3) is 1.73. The summed E-state index contributed by atoms with van der Waals surface area (Å²) in [6.45, 7) is 1.38. The first kappa shape index (κ1) is 10.5. The molecule has 8 nitrogen and oxygen atoms in total. The number of aromatic nitrogens is 6. The number of imidazole rings is 1. The zero-order chi connectivity index (χ0) is 12.5. The van der Waals surface area contributed by atoms with Crippen LogP contribution in [0.3, 0.4) is 0 Å². The highest BCUT2D eigenvalue weighted by molar-refractivity contribution is 5.80. The molecule has 18 heavy (non-hydrogen) atoms. The number of hydrogen-bond donors (Lipinski definition) is 2. The van der Waals surface area contributed by atoms with Gasteiger partial charge in [0, 0.05) is 12.7 Å². The van der Waals surface area contributed by atoms with E-state index < -0.39 is 0 Å². The second-order valence-electron chi connectivity index (χ2n) is 3.91. The van der Waals surface area contributed by atoms with Gasteiger partial charge in [0.05, 0.1) is 24.8 Å². The van der Waals surface area contributed by atoms with Gasteiger partial charge in [0.2, 0.25) is 0 Å². The minimum absolute atomic E-state index is 0.391. The van der Waals surface area contributed by atoms with Crippen LogP contribution >= 0.6 is 0 Å². The van der Waals surface area contributed by atoms with Gasteiger partial charge in [0.1, 0.15) is 11.8 Å². The van der Waals surface area contributed by atoms with Gasteiger partial charge in [-0.05, 0) is 0 Å². The average molecular weight is 244 g/mol. The predicted molar refractivity (Wildman–Crippen MR) is 66.4 cm³/mol. The summed E-state index contributed by atoms with van der Waals surface area (Å²) in [6, 6.07) is 0. The fourth-order valence-electron chi connectivity index (χ4n) is 1.77. The van der Waals surface area contributed by atoms with Crippen LogP contribution in [0.15, 0.2) is 25.0 Å². The van der Waals surface area contributed by atoms with Gasteiger partial charge < -0.3 is 16.0 Å². The smallest absolute Gasteiger partial charge is 0.165 e. The van der Waals surface area contributed by atoms with E-state index in [9.17, 15) is 0 Å². The van der Waals surface area contributed by atoms with E-state index >= 15 is 0 Å². The summed E-state index contributed by atoms with van der Waals surface area (Å²) in [5.41, 5.74) is 13.3. The molecule has 0 saturated heterocycles. The highest BCUT2D eigenvalue weighted by atomic mass is 15.3. The molecule has 3 aromatic heterocycles. The van der Waals surface area contributed by atoms with E-state index in [-0.39, 0.29) is 0 Å². The van der Waals surface area contributed by atoms with Gasteiger partial charge in [-0.1, -0.05) is 0 Å². The van der Waals surface area contributed by atoms with Crippen molar-refractivity contribution >= 4 is 22.7 Å². The third-order valence-electron chi connectivity index (χ3n) is 2.65. The standard InChI is InChI=1S/C10H12N8/c11-7-3-16-18(4-7)2-1-17-6-15-8-9(12)13-5-14-10(8)17/h3-6H,1-2,11H2,(H2,12,13,14). The molecule has 8 heteroatoms. The lowest BCUT2D eigenvalue weighted by Crippen LogP contribution is -2.07. The van der Waals surface area contributed by atoms with Crippen molar-refractivity contribution in [2.24, 2.45) is 0 Å². The fraction of sp³-hybridized carbons (Fsp3) is 0.200. The minimum atomic E-state index is 0.391. The van der Waals surface area contributed by atoms with Crippen molar-refractivity contribution in [2.75, 3.05) is 11.5 Å². The summed E-state index contributed by atoms with van der Waals surface area (Å²) >= 11 is 0. The minimum Gasteiger partial charge on any atom is -0.396 e. The molecule has 0 unspecified atom stereocenters. The summed E-state index contributed by atoms with van der Waals surface area (Å²) in [5.74, 6) is 0.391. The Kier molecular flexibility index (Phi) is 2.33. The number of nitrogens with two attached hydrogens (primary N) is 2. The Morgan fingerprint density at radius 3 is 2.78 bits per heavy atom. The highest BCUT2D eigenvalue weighted by Crippen LogP contribution is 2.14. The molecule has 0 radical (unpaired) electrons. The summed E-state index contributed by atoms with van der Waals surface area (Å²) in [5, 5.41) is 4.11. The molecule has 0 aliphatic carbocycles. The third-order valence-corrected chi connectivity index (χ3v) is 2.65. The first-order valence-corrected chi connectivity index (χ1v) is 5.43. The highest BCUT2D eigenvalue weighted by Gasteiger charge is 2.07. The van der Waals surface area contributed by atoms with Crippen LogP contribution in [0.4, 0.5) is 11.5 Å². The van der Waals surface area contributed by atoms with Crippen molar-refractivity contribution < 1.29 is 0 Å². The number of nitrogens with zero attached hydrogens (tertiary/aromatic N) is 6. The number of rotatable bonds is 3. The molecule has 3 aromatic rings. The van der Waals surface area contributed by atoms with E-state index in [0.29, 0.717) is 30.1 Å². The second-order valence-corrected chi connectivity index (χ2v) is 3.91. The molecule has 3 heterocycles. The van der Waals surface area contributed by atoms with Gasteiger partial charge in [-0.15, -0.1) is 0 Å². The van der Waals surface area contributed by atoms with E-state index in [4.69, 9.17) is 11.5 Å². The molecule has 0 atom stereocenters. The van der Waals surface area contributed by atoms with Crippen LogP contribution in [-0.4, -0.2) is 29.3 Å². The Labute approximate surface area is 102 Å². The molecule has 0 spiro atoms. The lowest BCUT2D eigenvalue weighted by molar-refractivity contribution is 0.539. The first-order valence-electron chi connectivity index (χ1n) is 5.43. The van der Waals surface area contributed by atoms with Crippen molar-refractivity contribution in [3.8, 4) is 0 Å². The molecule has 0 saturated carbocycles. The molecule has 0 aromatic carbocycles. The van der Waals surface area contributed by atoms with Crippen LogP contribution < -0.4 is 11.5 Å². The monoisotopic (exact) mass is 244 g/mol. The molecule has 0 fully saturated rings. The Hall–Kier alpha value is -2.64. The lowest BCUT2D eigenvalue weighted by atomic mass is 10.5. The molecule has 0 amide bonds. The summed E-state index contributed by atoms with van der Waals surface area (Å²) < 4.78 is 3.68. The van der Waals surface area contributed by atoms with Crippen LogP contribution in [0.1, 0.15) is 0 Å². The lowest BCUT2D eigenvalue weighted by Gasteiger charge is -2.03. The van der Waals surface area contributed by atoms with Gasteiger partial charge in [-0.25, -0.2) is 15.0 Å². The number of anilines is 2. The average Bonchev–Trinajstić information content (AvgIpc) is 2.94. The molecule has 3 rings (SSSR count). The van der Waals surface area contributed by atoms with Crippen molar-refractivity contribution in [1.29, 1.82) is 0 Å². The van der Waals surface area contributed by atoms with Gasteiger partial charge >= 0.3 is 0 Å². The molecular formula is C10H12N8. The van der Waals surface area contributed by atoms with E-state index in [0.717, 1.165) is 5.65 Å². The molecule has 0 aliphatic rings. The number of fused-ring (bicyclic) bond motifs is 1. The summed E-state index contributed by atoms with van der Waals surface area (Å²) in [7, 11) is 0. The van der Waals surface area contributed by atoms with Crippen molar-refractivity contribution in [3.63, 3.8) is 0 Å². The Morgan fingerprint density at radius 2 is 2.00 bits per heavy atom. The zero-order valence-electron chi connectivity index (χ0n) is 9.56. The largest absolute Gasteiger partial charge is 0.396 e. The Bertz CT molecular complexity index is 682. The normalized spacial score (nSPS) is 11.1. The number of nitrogen functional groups attached to an aromatic ring is 2. The predicted octanol–water partition coefficient (Wildman–Crippen LogP) is -0.113. The summed E-state index contributed by atoms with van der Waals surface area (Å²) in [4.78, 5) is 12.3. The van der Waals surface area contributed by atoms with E-state index in [1.165, 1.54) is 6.33 Å². The quantitative estimate of drug-likeness (QED) is 0.664. The second kappa shape index (κ2) is 3.99. The van der Waals surface area contributed by atoms with E-state index in [2.05, 4.69) is 20.1 Å². The van der Waals surface area contributed by atoms with Crippen molar-refractivity contribution in [3.05, 3.63) is 25.0 Å².